The van der Waals surface area contributed by atoms with Gasteiger partial charge < -0.3 is 14.5 Å². The summed E-state index contributed by atoms with van der Waals surface area (Å²) in [7, 11) is 1.97. The number of rotatable bonds is 4. The molecular weight excluding hydrogens is 268 g/mol. The van der Waals surface area contributed by atoms with Crippen molar-refractivity contribution >= 4 is 0 Å². The summed E-state index contributed by atoms with van der Waals surface area (Å²) < 4.78 is 13.4. The highest BCUT2D eigenvalue weighted by molar-refractivity contribution is 5.29. The number of nitrogens with one attached hydrogen (secondary N) is 1. The molecule has 1 aliphatic rings. The van der Waals surface area contributed by atoms with E-state index in [1.807, 2.05) is 25.6 Å². The predicted molar refractivity (Wildman–Crippen MR) is 77.9 cm³/mol. The van der Waals surface area contributed by atoms with Gasteiger partial charge in [0.2, 0.25) is 5.89 Å². The first-order valence-electron chi connectivity index (χ1n) is 7.32. The molecule has 1 N–H and O–H groups in total. The van der Waals surface area contributed by atoms with Crippen LogP contribution in [-0.4, -0.2) is 27.4 Å². The zero-order chi connectivity index (χ0) is 15.0. The zero-order valence-corrected chi connectivity index (χ0v) is 13.0. The quantitative estimate of drug-likeness (QED) is 0.932. The molecular formula is C15H22N4O2. The summed E-state index contributed by atoms with van der Waals surface area (Å²) in [5, 5.41) is 7.99. The Morgan fingerprint density at radius 1 is 1.38 bits per heavy atom. The van der Waals surface area contributed by atoms with Crippen molar-refractivity contribution in [2.24, 2.45) is 7.05 Å². The standard InChI is InChI=1S/C15H22N4O2/c1-9-7-17-13(21-9)8-16-12-5-6-20-15(12)14-10(2)18-19(4)11(14)3/h7,12,15-16H,5-6,8H2,1-4H3/t12-,15-/m0/s1. The molecule has 0 spiro atoms. The smallest absolute Gasteiger partial charge is 0.208 e. The van der Waals surface area contributed by atoms with E-state index in [1.165, 1.54) is 5.56 Å². The Morgan fingerprint density at radius 3 is 2.81 bits per heavy atom. The first kappa shape index (κ1) is 14.3. The molecule has 6 heteroatoms. The van der Waals surface area contributed by atoms with Crippen molar-refractivity contribution in [1.29, 1.82) is 0 Å². The number of aromatic nitrogens is 3. The Kier molecular flexibility index (Phi) is 3.82. The van der Waals surface area contributed by atoms with Crippen LogP contribution >= 0.6 is 0 Å². The Balaban J connectivity index is 1.73. The van der Waals surface area contributed by atoms with Crippen molar-refractivity contribution in [3.8, 4) is 0 Å². The Morgan fingerprint density at radius 2 is 2.19 bits per heavy atom. The van der Waals surface area contributed by atoms with Gasteiger partial charge in [-0.3, -0.25) is 4.68 Å². The van der Waals surface area contributed by atoms with Crippen molar-refractivity contribution < 1.29 is 9.15 Å². The van der Waals surface area contributed by atoms with Crippen LogP contribution in [0, 0.1) is 20.8 Å². The maximum atomic E-state index is 5.95. The fourth-order valence-electron chi connectivity index (χ4n) is 2.99. The minimum absolute atomic E-state index is 0.0507. The average Bonchev–Trinajstić information content (AvgIpc) is 3.10. The van der Waals surface area contributed by atoms with Crippen molar-refractivity contribution in [1.82, 2.24) is 20.1 Å². The van der Waals surface area contributed by atoms with Gasteiger partial charge in [0, 0.05) is 31.0 Å². The van der Waals surface area contributed by atoms with Crippen molar-refractivity contribution in [3.63, 3.8) is 0 Å². The Hall–Kier alpha value is -1.66. The average molecular weight is 290 g/mol. The van der Waals surface area contributed by atoms with Gasteiger partial charge in [0.15, 0.2) is 0 Å². The van der Waals surface area contributed by atoms with E-state index in [0.29, 0.717) is 6.54 Å². The van der Waals surface area contributed by atoms with Crippen LogP contribution < -0.4 is 5.32 Å². The number of ether oxygens (including phenoxy) is 1. The Bertz CT molecular complexity index is 632. The van der Waals surface area contributed by atoms with Crippen LogP contribution in [-0.2, 0) is 18.3 Å². The molecule has 0 aromatic carbocycles. The number of aryl methyl sites for hydroxylation is 3. The van der Waals surface area contributed by atoms with Crippen molar-refractivity contribution in [2.75, 3.05) is 6.61 Å². The van der Waals surface area contributed by atoms with Crippen LogP contribution in [0.15, 0.2) is 10.6 Å². The third-order valence-corrected chi connectivity index (χ3v) is 4.13. The van der Waals surface area contributed by atoms with E-state index in [9.17, 15) is 0 Å². The summed E-state index contributed by atoms with van der Waals surface area (Å²) in [6.07, 6.45) is 2.78. The van der Waals surface area contributed by atoms with Gasteiger partial charge in [-0.2, -0.15) is 5.10 Å². The molecule has 0 aliphatic carbocycles. The highest BCUT2D eigenvalue weighted by Gasteiger charge is 2.33. The first-order valence-corrected chi connectivity index (χ1v) is 7.32. The van der Waals surface area contributed by atoms with Crippen molar-refractivity contribution in [3.05, 3.63) is 34.8 Å². The van der Waals surface area contributed by atoms with Crippen LogP contribution in [0.2, 0.25) is 0 Å². The lowest BCUT2D eigenvalue weighted by atomic mass is 10.0. The van der Waals surface area contributed by atoms with Crippen LogP contribution in [0.25, 0.3) is 0 Å². The second-order valence-electron chi connectivity index (χ2n) is 5.64. The molecule has 0 saturated carbocycles. The van der Waals surface area contributed by atoms with E-state index in [2.05, 4.69) is 22.3 Å². The van der Waals surface area contributed by atoms with Gasteiger partial charge in [0.1, 0.15) is 11.9 Å². The molecule has 3 rings (SSSR count). The molecule has 2 aromatic rings. The minimum Gasteiger partial charge on any atom is -0.445 e. The molecule has 2 atom stereocenters. The van der Waals surface area contributed by atoms with E-state index >= 15 is 0 Å². The Labute approximate surface area is 124 Å². The molecule has 3 heterocycles. The minimum atomic E-state index is 0.0507. The van der Waals surface area contributed by atoms with Gasteiger partial charge >= 0.3 is 0 Å². The van der Waals surface area contributed by atoms with Gasteiger partial charge in [-0.05, 0) is 27.2 Å². The monoisotopic (exact) mass is 290 g/mol. The summed E-state index contributed by atoms with van der Waals surface area (Å²) in [6, 6.07) is 0.263. The fraction of sp³-hybridized carbons (Fsp3) is 0.600. The SMILES string of the molecule is Cc1cnc(CN[C@H]2CCO[C@@H]2c2c(C)nn(C)c2C)o1. The largest absolute Gasteiger partial charge is 0.445 e. The number of oxazole rings is 1. The lowest BCUT2D eigenvalue weighted by Crippen LogP contribution is -2.31. The number of hydrogen-bond donors (Lipinski definition) is 1. The maximum Gasteiger partial charge on any atom is 0.208 e. The second-order valence-corrected chi connectivity index (χ2v) is 5.64. The summed E-state index contributed by atoms with van der Waals surface area (Å²) >= 11 is 0. The molecule has 1 saturated heterocycles. The highest BCUT2D eigenvalue weighted by Crippen LogP contribution is 2.33. The predicted octanol–water partition coefficient (Wildman–Crippen LogP) is 1.95. The van der Waals surface area contributed by atoms with Gasteiger partial charge in [-0.15, -0.1) is 0 Å². The lowest BCUT2D eigenvalue weighted by Gasteiger charge is -2.20. The van der Waals surface area contributed by atoms with Gasteiger partial charge in [0.25, 0.3) is 0 Å². The van der Waals surface area contributed by atoms with Crippen LogP contribution in [0.4, 0.5) is 0 Å². The molecule has 6 nitrogen and oxygen atoms in total. The molecule has 0 amide bonds. The van der Waals surface area contributed by atoms with E-state index in [-0.39, 0.29) is 12.1 Å². The molecule has 1 fully saturated rings. The maximum absolute atomic E-state index is 5.95. The number of nitrogens with zero attached hydrogens (tertiary/aromatic N) is 3. The van der Waals surface area contributed by atoms with Gasteiger partial charge in [-0.1, -0.05) is 0 Å². The first-order chi connectivity index (χ1) is 10.1. The third kappa shape index (κ3) is 2.73. The summed E-state index contributed by atoms with van der Waals surface area (Å²) in [6.45, 7) is 7.42. The van der Waals surface area contributed by atoms with Crippen molar-refractivity contribution in [2.45, 2.75) is 45.9 Å². The molecule has 0 bridgehead atoms. The summed E-state index contributed by atoms with van der Waals surface area (Å²) in [5.74, 6) is 1.56. The third-order valence-electron chi connectivity index (χ3n) is 4.13. The highest BCUT2D eigenvalue weighted by atomic mass is 16.5. The molecule has 0 radical (unpaired) electrons. The lowest BCUT2D eigenvalue weighted by molar-refractivity contribution is 0.0969. The summed E-state index contributed by atoms with van der Waals surface area (Å²) in [4.78, 5) is 4.23. The van der Waals surface area contributed by atoms with Crippen LogP contribution in [0.5, 0.6) is 0 Å². The van der Waals surface area contributed by atoms with E-state index < -0.39 is 0 Å². The number of hydrogen-bond acceptors (Lipinski definition) is 5. The van der Waals surface area contributed by atoms with E-state index in [0.717, 1.165) is 36.1 Å². The zero-order valence-electron chi connectivity index (χ0n) is 13.0. The topological polar surface area (TPSA) is 65.1 Å². The molecule has 1 aliphatic heterocycles. The second kappa shape index (κ2) is 5.61. The molecule has 21 heavy (non-hydrogen) atoms. The van der Waals surface area contributed by atoms with Crippen LogP contribution in [0.1, 0.15) is 41.1 Å². The van der Waals surface area contributed by atoms with Gasteiger partial charge in [-0.25, -0.2) is 4.98 Å². The molecule has 114 valence electrons. The molecule has 2 aromatic heterocycles. The van der Waals surface area contributed by atoms with Gasteiger partial charge in [0.05, 0.1) is 18.4 Å². The molecule has 0 unspecified atom stereocenters. The van der Waals surface area contributed by atoms with E-state index in [1.54, 1.807) is 6.20 Å². The summed E-state index contributed by atoms with van der Waals surface area (Å²) in [5.41, 5.74) is 3.41. The van der Waals surface area contributed by atoms with Crippen LogP contribution in [0.3, 0.4) is 0 Å². The fourth-order valence-corrected chi connectivity index (χ4v) is 2.99. The normalized spacial score (nSPS) is 22.1. The van der Waals surface area contributed by atoms with E-state index in [4.69, 9.17) is 9.15 Å².